The lowest BCUT2D eigenvalue weighted by Gasteiger charge is -2.26. The van der Waals surface area contributed by atoms with Crippen LogP contribution in [0.1, 0.15) is 55.2 Å². The van der Waals surface area contributed by atoms with Gasteiger partial charge in [0.2, 0.25) is 0 Å². The fourth-order valence-electron chi connectivity index (χ4n) is 3.59. The summed E-state index contributed by atoms with van der Waals surface area (Å²) in [6.45, 7) is 2.23. The van der Waals surface area contributed by atoms with Gasteiger partial charge in [-0.05, 0) is 37.5 Å². The van der Waals surface area contributed by atoms with Gasteiger partial charge in [-0.15, -0.1) is 0 Å². The Balaban J connectivity index is 2.17. The first-order valence-electron chi connectivity index (χ1n) is 7.28. The Morgan fingerprint density at radius 2 is 2.10 bits per heavy atom. The molecule has 0 atom stereocenters. The highest BCUT2D eigenvalue weighted by atomic mass is 16.4. The van der Waals surface area contributed by atoms with Crippen LogP contribution in [-0.4, -0.2) is 20.6 Å². The van der Waals surface area contributed by atoms with Crippen molar-refractivity contribution in [1.82, 2.24) is 9.55 Å². The molecule has 0 amide bonds. The third-order valence-corrected chi connectivity index (χ3v) is 4.84. The fourth-order valence-corrected chi connectivity index (χ4v) is 3.59. The van der Waals surface area contributed by atoms with Crippen molar-refractivity contribution in [2.45, 2.75) is 44.4 Å². The Hall–Kier alpha value is -1.84. The lowest BCUT2D eigenvalue weighted by atomic mass is 9.82. The number of fused-ring (bicyclic) bond motifs is 1. The zero-order valence-corrected chi connectivity index (χ0v) is 12.0. The Bertz CT molecular complexity index is 666. The molecule has 1 aliphatic rings. The van der Waals surface area contributed by atoms with Gasteiger partial charge in [-0.2, -0.15) is 0 Å². The van der Waals surface area contributed by atoms with Crippen LogP contribution < -0.4 is 0 Å². The number of benzene rings is 1. The quantitative estimate of drug-likeness (QED) is 0.930. The molecule has 20 heavy (non-hydrogen) atoms. The van der Waals surface area contributed by atoms with Crippen LogP contribution in [0, 0.1) is 0 Å². The summed E-state index contributed by atoms with van der Waals surface area (Å²) in [4.78, 5) is 15.9. The molecule has 2 aromatic rings. The minimum absolute atomic E-state index is 0.178. The molecule has 0 saturated heterocycles. The predicted octanol–water partition coefficient (Wildman–Crippen LogP) is 3.49. The van der Waals surface area contributed by atoms with Gasteiger partial charge in [-0.3, -0.25) is 0 Å². The Morgan fingerprint density at radius 3 is 2.70 bits per heavy atom. The Labute approximate surface area is 118 Å². The second-order valence-electron chi connectivity index (χ2n) is 5.84. The molecular formula is C16H20N2O2. The van der Waals surface area contributed by atoms with Gasteiger partial charge >= 0.3 is 5.97 Å². The molecule has 1 aliphatic carbocycles. The highest BCUT2D eigenvalue weighted by molar-refractivity contribution is 5.92. The topological polar surface area (TPSA) is 55.1 Å². The van der Waals surface area contributed by atoms with E-state index in [1.807, 2.05) is 13.1 Å². The van der Waals surface area contributed by atoms with E-state index in [0.717, 1.165) is 23.3 Å². The van der Waals surface area contributed by atoms with Crippen LogP contribution in [0.15, 0.2) is 18.2 Å². The van der Waals surface area contributed by atoms with Crippen LogP contribution in [0.4, 0.5) is 0 Å². The van der Waals surface area contributed by atoms with Crippen molar-refractivity contribution in [1.29, 1.82) is 0 Å². The minimum atomic E-state index is -0.898. The molecule has 0 radical (unpaired) electrons. The number of aryl methyl sites for hydroxylation is 1. The number of imidazole rings is 1. The van der Waals surface area contributed by atoms with Crippen LogP contribution in [0.25, 0.3) is 11.0 Å². The number of aromatic carboxylic acids is 1. The summed E-state index contributed by atoms with van der Waals surface area (Å²) < 4.78 is 2.15. The predicted molar refractivity (Wildman–Crippen MR) is 78.1 cm³/mol. The fraction of sp³-hybridized carbons (Fsp3) is 0.500. The van der Waals surface area contributed by atoms with Crippen LogP contribution in [0.2, 0.25) is 0 Å². The number of nitrogens with zero attached hydrogens (tertiary/aromatic N) is 2. The SMILES string of the molecule is CCC1(c2nc3cc(C(=O)O)ccc3n2C)CCCC1. The number of aromatic nitrogens is 2. The molecule has 0 unspecified atom stereocenters. The summed E-state index contributed by atoms with van der Waals surface area (Å²) in [5.74, 6) is 0.222. The number of rotatable bonds is 3. The van der Waals surface area contributed by atoms with Gasteiger partial charge < -0.3 is 9.67 Å². The van der Waals surface area contributed by atoms with Crippen LogP contribution in [0.3, 0.4) is 0 Å². The van der Waals surface area contributed by atoms with E-state index in [2.05, 4.69) is 11.5 Å². The van der Waals surface area contributed by atoms with E-state index >= 15 is 0 Å². The summed E-state index contributed by atoms with van der Waals surface area (Å²) in [6, 6.07) is 5.20. The molecule has 106 valence electrons. The van der Waals surface area contributed by atoms with Crippen molar-refractivity contribution in [2.24, 2.45) is 7.05 Å². The normalized spacial score (nSPS) is 17.7. The maximum atomic E-state index is 11.1. The first kappa shape index (κ1) is 13.2. The van der Waals surface area contributed by atoms with Crippen molar-refractivity contribution < 1.29 is 9.90 Å². The van der Waals surface area contributed by atoms with Crippen LogP contribution in [0.5, 0.6) is 0 Å². The molecule has 1 heterocycles. The molecule has 4 heteroatoms. The zero-order chi connectivity index (χ0) is 14.3. The molecule has 1 fully saturated rings. The van der Waals surface area contributed by atoms with Gasteiger partial charge in [0.15, 0.2) is 0 Å². The Kier molecular flexibility index (Phi) is 3.04. The van der Waals surface area contributed by atoms with Crippen molar-refractivity contribution in [3.05, 3.63) is 29.6 Å². The van der Waals surface area contributed by atoms with E-state index in [1.54, 1.807) is 12.1 Å². The first-order valence-corrected chi connectivity index (χ1v) is 7.28. The molecule has 1 aromatic carbocycles. The zero-order valence-electron chi connectivity index (χ0n) is 12.0. The second kappa shape index (κ2) is 4.62. The van der Waals surface area contributed by atoms with E-state index in [1.165, 1.54) is 25.7 Å². The van der Waals surface area contributed by atoms with E-state index < -0.39 is 5.97 Å². The largest absolute Gasteiger partial charge is 0.478 e. The number of hydrogen-bond acceptors (Lipinski definition) is 2. The molecule has 4 nitrogen and oxygen atoms in total. The maximum Gasteiger partial charge on any atom is 0.335 e. The van der Waals surface area contributed by atoms with E-state index in [4.69, 9.17) is 10.1 Å². The van der Waals surface area contributed by atoms with Crippen molar-refractivity contribution in [3.63, 3.8) is 0 Å². The molecule has 1 aromatic heterocycles. The number of carboxylic acids is 1. The third-order valence-electron chi connectivity index (χ3n) is 4.84. The van der Waals surface area contributed by atoms with Gasteiger partial charge in [0, 0.05) is 12.5 Å². The summed E-state index contributed by atoms with van der Waals surface area (Å²) in [7, 11) is 2.04. The molecule has 3 rings (SSSR count). The highest BCUT2D eigenvalue weighted by Crippen LogP contribution is 2.43. The highest BCUT2D eigenvalue weighted by Gasteiger charge is 2.37. The average molecular weight is 272 g/mol. The minimum Gasteiger partial charge on any atom is -0.478 e. The van der Waals surface area contributed by atoms with Crippen molar-refractivity contribution in [3.8, 4) is 0 Å². The molecule has 1 N–H and O–H groups in total. The van der Waals surface area contributed by atoms with Crippen LogP contribution in [-0.2, 0) is 12.5 Å². The summed E-state index contributed by atoms with van der Waals surface area (Å²) in [5.41, 5.74) is 2.29. The lowest BCUT2D eigenvalue weighted by molar-refractivity contribution is 0.0697. The molecule has 1 saturated carbocycles. The summed E-state index contributed by atoms with van der Waals surface area (Å²) in [6.07, 6.45) is 5.99. The lowest BCUT2D eigenvalue weighted by Crippen LogP contribution is -2.25. The maximum absolute atomic E-state index is 11.1. The first-order chi connectivity index (χ1) is 9.57. The molecule has 0 spiro atoms. The van der Waals surface area contributed by atoms with E-state index in [-0.39, 0.29) is 5.41 Å². The second-order valence-corrected chi connectivity index (χ2v) is 5.84. The van der Waals surface area contributed by atoms with Gasteiger partial charge in [0.1, 0.15) is 5.82 Å². The number of carboxylic acid groups (broad SMARTS) is 1. The summed E-state index contributed by atoms with van der Waals surface area (Å²) >= 11 is 0. The van der Waals surface area contributed by atoms with Crippen molar-refractivity contribution >= 4 is 17.0 Å². The number of hydrogen-bond donors (Lipinski definition) is 1. The van der Waals surface area contributed by atoms with Crippen LogP contribution >= 0.6 is 0 Å². The van der Waals surface area contributed by atoms with Crippen molar-refractivity contribution in [2.75, 3.05) is 0 Å². The smallest absolute Gasteiger partial charge is 0.335 e. The van der Waals surface area contributed by atoms with Gasteiger partial charge in [0.25, 0.3) is 0 Å². The molecular weight excluding hydrogens is 252 g/mol. The Morgan fingerprint density at radius 1 is 1.40 bits per heavy atom. The summed E-state index contributed by atoms with van der Waals surface area (Å²) in [5, 5.41) is 9.09. The van der Waals surface area contributed by atoms with Gasteiger partial charge in [0.05, 0.1) is 16.6 Å². The molecule has 0 aliphatic heterocycles. The number of carbonyl (C=O) groups is 1. The van der Waals surface area contributed by atoms with Gasteiger partial charge in [-0.1, -0.05) is 19.8 Å². The van der Waals surface area contributed by atoms with E-state index in [9.17, 15) is 4.79 Å². The van der Waals surface area contributed by atoms with Gasteiger partial charge in [-0.25, -0.2) is 9.78 Å². The van der Waals surface area contributed by atoms with E-state index in [0.29, 0.717) is 5.56 Å². The monoisotopic (exact) mass is 272 g/mol. The third kappa shape index (κ3) is 1.82. The molecule has 0 bridgehead atoms. The standard InChI is InChI=1S/C16H20N2O2/c1-3-16(8-4-5-9-16)15-17-12-10-11(14(19)20)6-7-13(12)18(15)2/h6-7,10H,3-5,8-9H2,1-2H3,(H,19,20). The average Bonchev–Trinajstić information content (AvgIpc) is 3.04.